The maximum atomic E-state index is 6.13. The van der Waals surface area contributed by atoms with Crippen LogP contribution in [0.1, 0.15) is 11.1 Å². The van der Waals surface area contributed by atoms with Gasteiger partial charge in [-0.05, 0) is 17.7 Å². The molecule has 102 valence electrons. The summed E-state index contributed by atoms with van der Waals surface area (Å²) in [4.78, 5) is 7.32. The third-order valence-electron chi connectivity index (χ3n) is 4.45. The first-order valence-electron chi connectivity index (χ1n) is 7.24. The van der Waals surface area contributed by atoms with E-state index in [4.69, 9.17) is 9.73 Å². The van der Waals surface area contributed by atoms with Crippen LogP contribution in [0.15, 0.2) is 53.5 Å². The molecule has 0 saturated carbocycles. The fourth-order valence-electron chi connectivity index (χ4n) is 3.52. The van der Waals surface area contributed by atoms with Crippen LogP contribution in [-0.4, -0.2) is 13.1 Å². The molecular weight excluding hydrogens is 260 g/mol. The van der Waals surface area contributed by atoms with E-state index in [0.29, 0.717) is 0 Å². The molecule has 0 saturated heterocycles. The summed E-state index contributed by atoms with van der Waals surface area (Å²) < 4.78 is 6.13. The van der Waals surface area contributed by atoms with E-state index in [0.717, 1.165) is 23.7 Å². The van der Waals surface area contributed by atoms with Crippen LogP contribution in [0.5, 0.6) is 0 Å². The summed E-state index contributed by atoms with van der Waals surface area (Å²) in [5.41, 5.74) is 3.12. The molecule has 0 aromatic heterocycles. The average Bonchev–Trinajstić information content (AvgIpc) is 2.83. The van der Waals surface area contributed by atoms with Crippen molar-refractivity contribution in [1.82, 2.24) is 0 Å². The fourth-order valence-corrected chi connectivity index (χ4v) is 3.52. The molecule has 0 amide bonds. The highest BCUT2D eigenvalue weighted by molar-refractivity contribution is 5.78. The Morgan fingerprint density at radius 2 is 2.05 bits per heavy atom. The molecule has 1 atom stereocenters. The minimum atomic E-state index is -0.592. The number of benzene rings is 2. The maximum Gasteiger partial charge on any atom is 0.245 e. The molecule has 1 unspecified atom stereocenters. The molecule has 0 fully saturated rings. The van der Waals surface area contributed by atoms with Crippen molar-refractivity contribution in [3.05, 3.63) is 70.2 Å². The summed E-state index contributed by atoms with van der Waals surface area (Å²) in [6.45, 7) is 1.70. The van der Waals surface area contributed by atoms with Crippen molar-refractivity contribution in [2.75, 3.05) is 18.0 Å². The lowest BCUT2D eigenvalue weighted by molar-refractivity contribution is 0.0622. The van der Waals surface area contributed by atoms with Gasteiger partial charge in [0.05, 0.1) is 23.9 Å². The molecule has 21 heavy (non-hydrogen) atoms. The van der Waals surface area contributed by atoms with Crippen LogP contribution < -0.4 is 15.5 Å². The number of nitrogens with zero attached hydrogens (tertiary/aromatic N) is 2. The van der Waals surface area contributed by atoms with E-state index < -0.39 is 5.72 Å². The van der Waals surface area contributed by atoms with Crippen molar-refractivity contribution in [2.24, 2.45) is 4.99 Å². The van der Waals surface area contributed by atoms with E-state index in [2.05, 4.69) is 41.3 Å². The normalized spacial score (nSPS) is 23.9. The Labute approximate surface area is 122 Å². The molecule has 0 N–H and O–H groups in total. The van der Waals surface area contributed by atoms with Crippen LogP contribution >= 0.6 is 0 Å². The van der Waals surface area contributed by atoms with Crippen molar-refractivity contribution < 1.29 is 4.74 Å². The van der Waals surface area contributed by atoms with Gasteiger partial charge in [0.15, 0.2) is 0 Å². The van der Waals surface area contributed by atoms with Crippen LogP contribution in [-0.2, 0) is 10.5 Å². The highest BCUT2D eigenvalue weighted by atomic mass is 16.5. The molecule has 0 bridgehead atoms. The first-order chi connectivity index (χ1) is 10.4. The van der Waals surface area contributed by atoms with Gasteiger partial charge < -0.3 is 9.64 Å². The molecule has 2 aromatic rings. The van der Waals surface area contributed by atoms with Crippen LogP contribution in [0.25, 0.3) is 12.3 Å². The minimum absolute atomic E-state index is 0.592. The van der Waals surface area contributed by atoms with Crippen molar-refractivity contribution in [3.63, 3.8) is 0 Å². The molecule has 3 nitrogen and oxygen atoms in total. The predicted molar refractivity (Wildman–Crippen MR) is 82.1 cm³/mol. The largest absolute Gasteiger partial charge is 0.467 e. The summed E-state index contributed by atoms with van der Waals surface area (Å²) >= 11 is 0. The number of hydrogen-bond donors (Lipinski definition) is 0. The molecule has 0 radical (unpaired) electrons. The topological polar surface area (TPSA) is 24.8 Å². The Morgan fingerprint density at radius 1 is 1.10 bits per heavy atom. The van der Waals surface area contributed by atoms with E-state index >= 15 is 0 Å². The van der Waals surface area contributed by atoms with E-state index in [1.807, 2.05) is 24.5 Å². The van der Waals surface area contributed by atoms with E-state index in [9.17, 15) is 0 Å². The second-order valence-corrected chi connectivity index (χ2v) is 5.72. The second-order valence-electron chi connectivity index (χ2n) is 5.72. The van der Waals surface area contributed by atoms with Crippen LogP contribution in [0.3, 0.4) is 0 Å². The number of ether oxygens (including phenoxy) is 1. The lowest BCUT2D eigenvalue weighted by Crippen LogP contribution is -2.41. The fraction of sp³-hybridized carbons (Fsp3) is 0.167. The maximum absolute atomic E-state index is 6.13. The summed E-state index contributed by atoms with van der Waals surface area (Å²) in [6.07, 6.45) is 6.24. The lowest BCUT2D eigenvalue weighted by Gasteiger charge is -2.28. The van der Waals surface area contributed by atoms with Gasteiger partial charge in [0.1, 0.15) is 0 Å². The Kier molecular flexibility index (Phi) is 1.99. The van der Waals surface area contributed by atoms with Gasteiger partial charge in [-0.15, -0.1) is 0 Å². The van der Waals surface area contributed by atoms with Crippen LogP contribution in [0, 0.1) is 0 Å². The van der Waals surface area contributed by atoms with Gasteiger partial charge in [-0.2, -0.15) is 0 Å². The van der Waals surface area contributed by atoms with Gasteiger partial charge in [-0.3, -0.25) is 0 Å². The summed E-state index contributed by atoms with van der Waals surface area (Å²) in [5.74, 6) is 0. The van der Waals surface area contributed by atoms with Gasteiger partial charge in [0.25, 0.3) is 0 Å². The number of hydrogen-bond acceptors (Lipinski definition) is 3. The zero-order valence-corrected chi connectivity index (χ0v) is 11.5. The Morgan fingerprint density at radius 3 is 3.05 bits per heavy atom. The molecular formula is C18H14N2O. The Bertz CT molecular complexity index is 900. The SMILES string of the molecule is C1=Cc2cccc3c2N(C1)CC31N=c2ccccc2=CO1. The molecule has 3 heteroatoms. The minimum Gasteiger partial charge on any atom is -0.467 e. The standard InChI is InChI=1S/C18H14N2O/c1-2-9-16-14(5-1)11-21-18(19-16)12-20-10-4-7-13-6-3-8-15(18)17(13)20/h1-9,11H,10,12H2. The Balaban J connectivity index is 1.79. The monoisotopic (exact) mass is 274 g/mol. The van der Waals surface area contributed by atoms with Gasteiger partial charge in [0, 0.05) is 17.3 Å². The van der Waals surface area contributed by atoms with Crippen molar-refractivity contribution >= 4 is 18.0 Å². The number of rotatable bonds is 0. The van der Waals surface area contributed by atoms with Crippen molar-refractivity contribution in [3.8, 4) is 0 Å². The first-order valence-corrected chi connectivity index (χ1v) is 7.24. The van der Waals surface area contributed by atoms with Crippen molar-refractivity contribution in [2.45, 2.75) is 5.72 Å². The average molecular weight is 274 g/mol. The quantitative estimate of drug-likeness (QED) is 0.731. The molecule has 5 rings (SSSR count). The molecule has 0 aliphatic carbocycles. The Hall–Kier alpha value is -2.55. The van der Waals surface area contributed by atoms with Gasteiger partial charge in [-0.25, -0.2) is 4.99 Å². The number of para-hydroxylation sites is 2. The molecule has 3 aliphatic heterocycles. The lowest BCUT2D eigenvalue weighted by atomic mass is 10.0. The summed E-state index contributed by atoms with van der Waals surface area (Å²) in [5, 5.41) is 2.06. The number of anilines is 1. The highest BCUT2D eigenvalue weighted by Gasteiger charge is 2.46. The number of fused-ring (bicyclic) bond motifs is 2. The highest BCUT2D eigenvalue weighted by Crippen LogP contribution is 2.46. The molecule has 3 aliphatic rings. The second kappa shape index (κ2) is 3.76. The van der Waals surface area contributed by atoms with Gasteiger partial charge >= 0.3 is 0 Å². The predicted octanol–water partition coefficient (Wildman–Crippen LogP) is 1.77. The molecule has 2 aromatic carbocycles. The van der Waals surface area contributed by atoms with E-state index in [1.54, 1.807) is 0 Å². The van der Waals surface area contributed by atoms with Crippen molar-refractivity contribution in [1.29, 1.82) is 0 Å². The third-order valence-corrected chi connectivity index (χ3v) is 4.45. The zero-order valence-electron chi connectivity index (χ0n) is 11.5. The van der Waals surface area contributed by atoms with E-state index in [-0.39, 0.29) is 0 Å². The summed E-state index contributed by atoms with van der Waals surface area (Å²) in [7, 11) is 0. The van der Waals surface area contributed by atoms with E-state index in [1.165, 1.54) is 16.8 Å². The van der Waals surface area contributed by atoms with Crippen LogP contribution in [0.4, 0.5) is 5.69 Å². The smallest absolute Gasteiger partial charge is 0.245 e. The van der Waals surface area contributed by atoms with Gasteiger partial charge in [0.2, 0.25) is 5.72 Å². The first kappa shape index (κ1) is 11.1. The van der Waals surface area contributed by atoms with Gasteiger partial charge in [-0.1, -0.05) is 42.5 Å². The summed E-state index contributed by atoms with van der Waals surface area (Å²) in [6, 6.07) is 14.5. The third kappa shape index (κ3) is 1.40. The molecule has 1 spiro atoms. The van der Waals surface area contributed by atoms with Crippen LogP contribution in [0.2, 0.25) is 0 Å². The zero-order chi connectivity index (χ0) is 13.9. The molecule has 3 heterocycles.